The van der Waals surface area contributed by atoms with Crippen LogP contribution in [0.4, 0.5) is 0 Å². The molecule has 1 heterocycles. The second-order valence-corrected chi connectivity index (χ2v) is 3.93. The molecule has 0 aliphatic rings. The zero-order valence-corrected chi connectivity index (χ0v) is 9.71. The molecule has 0 radical (unpaired) electrons. The maximum Gasteiger partial charge on any atom is 0.325 e. The Balaban J connectivity index is 2.10. The normalized spacial score (nSPS) is 12.3. The first-order valence-electron chi connectivity index (χ1n) is 5.43. The summed E-state index contributed by atoms with van der Waals surface area (Å²) in [6, 6.07) is 6.26. The number of para-hydroxylation sites is 1. The van der Waals surface area contributed by atoms with E-state index in [2.05, 4.69) is 10.5 Å². The Labute approximate surface area is 103 Å². The van der Waals surface area contributed by atoms with Gasteiger partial charge in [0.05, 0.1) is 6.42 Å². The van der Waals surface area contributed by atoms with Crippen molar-refractivity contribution in [1.82, 2.24) is 10.5 Å². The number of aliphatic carboxylic acids is 1. The zero-order chi connectivity index (χ0) is 13.1. The van der Waals surface area contributed by atoms with Crippen molar-refractivity contribution in [3.05, 3.63) is 30.0 Å². The van der Waals surface area contributed by atoms with Crippen LogP contribution in [0, 0.1) is 0 Å². The molecule has 1 amide bonds. The van der Waals surface area contributed by atoms with Crippen LogP contribution in [-0.2, 0) is 16.0 Å². The first kappa shape index (κ1) is 12.1. The number of nitrogens with one attached hydrogen (secondary N) is 1. The molecule has 0 bridgehead atoms. The number of aromatic nitrogens is 1. The number of benzene rings is 1. The average molecular weight is 248 g/mol. The number of hydrogen-bond acceptors (Lipinski definition) is 4. The van der Waals surface area contributed by atoms with E-state index in [1.807, 2.05) is 12.1 Å². The number of carbonyl (C=O) groups excluding carboxylic acids is 1. The molecule has 1 atom stereocenters. The topological polar surface area (TPSA) is 92.4 Å². The molecule has 0 aliphatic heterocycles. The Morgan fingerprint density at radius 1 is 1.44 bits per heavy atom. The molecule has 0 saturated carbocycles. The molecule has 18 heavy (non-hydrogen) atoms. The Morgan fingerprint density at radius 3 is 2.89 bits per heavy atom. The van der Waals surface area contributed by atoms with Gasteiger partial charge in [-0.1, -0.05) is 17.3 Å². The molecule has 0 aliphatic carbocycles. The van der Waals surface area contributed by atoms with Crippen LogP contribution in [0.2, 0.25) is 0 Å². The van der Waals surface area contributed by atoms with E-state index in [4.69, 9.17) is 9.63 Å². The predicted octanol–water partition coefficient (Wildman–Crippen LogP) is 0.960. The van der Waals surface area contributed by atoms with Gasteiger partial charge >= 0.3 is 5.97 Å². The van der Waals surface area contributed by atoms with Crippen molar-refractivity contribution in [3.63, 3.8) is 0 Å². The molecular formula is C12H12N2O4. The highest BCUT2D eigenvalue weighted by atomic mass is 16.5. The monoisotopic (exact) mass is 248 g/mol. The number of carboxylic acid groups (broad SMARTS) is 1. The fourth-order valence-corrected chi connectivity index (χ4v) is 1.57. The molecule has 2 rings (SSSR count). The molecule has 0 spiro atoms. The van der Waals surface area contributed by atoms with Gasteiger partial charge in [0.1, 0.15) is 11.7 Å². The van der Waals surface area contributed by atoms with Crippen LogP contribution in [0.3, 0.4) is 0 Å². The summed E-state index contributed by atoms with van der Waals surface area (Å²) in [5.74, 6) is -1.47. The number of carbonyl (C=O) groups is 2. The standard InChI is InChI=1S/C12H12N2O4/c1-7(12(16)17)13-11(15)6-9-8-4-2-3-5-10(8)18-14-9/h2-5,7H,6H2,1H3,(H,13,15)(H,16,17)/t7-/m0/s1. The van der Waals surface area contributed by atoms with Crippen LogP contribution in [0.5, 0.6) is 0 Å². The molecule has 6 heteroatoms. The van der Waals surface area contributed by atoms with Gasteiger partial charge in [-0.15, -0.1) is 0 Å². The van der Waals surface area contributed by atoms with E-state index in [9.17, 15) is 9.59 Å². The second-order valence-electron chi connectivity index (χ2n) is 3.93. The van der Waals surface area contributed by atoms with E-state index >= 15 is 0 Å². The minimum Gasteiger partial charge on any atom is -0.480 e. The number of nitrogens with zero attached hydrogens (tertiary/aromatic N) is 1. The molecule has 0 unspecified atom stereocenters. The van der Waals surface area contributed by atoms with E-state index in [1.165, 1.54) is 6.92 Å². The molecule has 6 nitrogen and oxygen atoms in total. The summed E-state index contributed by atoms with van der Waals surface area (Å²) in [7, 11) is 0. The Bertz CT molecular complexity index is 591. The summed E-state index contributed by atoms with van der Waals surface area (Å²) in [5, 5.41) is 15.6. The molecule has 0 saturated heterocycles. The van der Waals surface area contributed by atoms with Crippen LogP contribution in [0.1, 0.15) is 12.6 Å². The highest BCUT2D eigenvalue weighted by Crippen LogP contribution is 2.17. The molecule has 1 aromatic carbocycles. The van der Waals surface area contributed by atoms with Gasteiger partial charge in [0, 0.05) is 5.39 Å². The van der Waals surface area contributed by atoms with Gasteiger partial charge in [0.15, 0.2) is 5.58 Å². The molecular weight excluding hydrogens is 236 g/mol. The molecule has 2 aromatic rings. The first-order chi connectivity index (χ1) is 8.58. The van der Waals surface area contributed by atoms with Gasteiger partial charge < -0.3 is 14.9 Å². The van der Waals surface area contributed by atoms with Crippen molar-refractivity contribution in [2.45, 2.75) is 19.4 Å². The van der Waals surface area contributed by atoms with Crippen LogP contribution in [-0.4, -0.2) is 28.2 Å². The Hall–Kier alpha value is -2.37. The summed E-state index contributed by atoms with van der Waals surface area (Å²) in [6.07, 6.45) is -0.00532. The number of hydrogen-bond donors (Lipinski definition) is 2. The van der Waals surface area contributed by atoms with E-state index in [0.29, 0.717) is 11.3 Å². The van der Waals surface area contributed by atoms with Crippen molar-refractivity contribution < 1.29 is 19.2 Å². The predicted molar refractivity (Wildman–Crippen MR) is 63.0 cm³/mol. The summed E-state index contributed by atoms with van der Waals surface area (Å²) in [4.78, 5) is 22.2. The van der Waals surface area contributed by atoms with Crippen LogP contribution < -0.4 is 5.32 Å². The van der Waals surface area contributed by atoms with Crippen molar-refractivity contribution in [2.24, 2.45) is 0 Å². The molecule has 1 aromatic heterocycles. The lowest BCUT2D eigenvalue weighted by atomic mass is 10.1. The zero-order valence-electron chi connectivity index (χ0n) is 9.71. The Kier molecular flexibility index (Phi) is 3.27. The van der Waals surface area contributed by atoms with E-state index in [0.717, 1.165) is 5.39 Å². The van der Waals surface area contributed by atoms with E-state index < -0.39 is 17.9 Å². The van der Waals surface area contributed by atoms with Crippen LogP contribution >= 0.6 is 0 Å². The van der Waals surface area contributed by atoms with Gasteiger partial charge in [0.2, 0.25) is 5.91 Å². The smallest absolute Gasteiger partial charge is 0.325 e. The lowest BCUT2D eigenvalue weighted by Crippen LogP contribution is -2.39. The van der Waals surface area contributed by atoms with Gasteiger partial charge in [-0.2, -0.15) is 0 Å². The minimum absolute atomic E-state index is 0.00532. The largest absolute Gasteiger partial charge is 0.480 e. The lowest BCUT2D eigenvalue weighted by molar-refractivity contribution is -0.141. The van der Waals surface area contributed by atoms with Gasteiger partial charge in [-0.25, -0.2) is 0 Å². The third kappa shape index (κ3) is 2.48. The van der Waals surface area contributed by atoms with Crippen LogP contribution in [0.25, 0.3) is 11.0 Å². The van der Waals surface area contributed by atoms with E-state index in [1.54, 1.807) is 12.1 Å². The second kappa shape index (κ2) is 4.87. The van der Waals surface area contributed by atoms with Gasteiger partial charge in [-0.05, 0) is 19.1 Å². The fraction of sp³-hybridized carbons (Fsp3) is 0.250. The first-order valence-corrected chi connectivity index (χ1v) is 5.43. The Morgan fingerprint density at radius 2 is 2.17 bits per heavy atom. The SMILES string of the molecule is C[C@H](NC(=O)Cc1noc2ccccc12)C(=O)O. The number of rotatable bonds is 4. The fourth-order valence-electron chi connectivity index (χ4n) is 1.57. The van der Waals surface area contributed by atoms with Crippen molar-refractivity contribution in [2.75, 3.05) is 0 Å². The molecule has 2 N–H and O–H groups in total. The summed E-state index contributed by atoms with van der Waals surface area (Å²) >= 11 is 0. The highest BCUT2D eigenvalue weighted by Gasteiger charge is 2.16. The summed E-state index contributed by atoms with van der Waals surface area (Å²) in [6.45, 7) is 1.40. The van der Waals surface area contributed by atoms with Crippen LogP contribution in [0.15, 0.2) is 28.8 Å². The third-order valence-corrected chi connectivity index (χ3v) is 2.53. The highest BCUT2D eigenvalue weighted by molar-refractivity contribution is 5.88. The minimum atomic E-state index is -1.08. The number of fused-ring (bicyclic) bond motifs is 1. The van der Waals surface area contributed by atoms with Crippen molar-refractivity contribution in [3.8, 4) is 0 Å². The molecule has 0 fully saturated rings. The maximum absolute atomic E-state index is 11.6. The lowest BCUT2D eigenvalue weighted by Gasteiger charge is -2.07. The summed E-state index contributed by atoms with van der Waals surface area (Å²) < 4.78 is 5.06. The summed E-state index contributed by atoms with van der Waals surface area (Å²) in [5.41, 5.74) is 1.10. The average Bonchev–Trinajstić information content (AvgIpc) is 2.72. The molecule has 94 valence electrons. The number of amides is 1. The van der Waals surface area contributed by atoms with Crippen molar-refractivity contribution in [1.29, 1.82) is 0 Å². The number of carboxylic acids is 1. The van der Waals surface area contributed by atoms with Crippen molar-refractivity contribution >= 4 is 22.8 Å². The van der Waals surface area contributed by atoms with E-state index in [-0.39, 0.29) is 6.42 Å². The quantitative estimate of drug-likeness (QED) is 0.840. The third-order valence-electron chi connectivity index (χ3n) is 2.53. The van der Waals surface area contributed by atoms with Gasteiger partial charge in [-0.3, -0.25) is 9.59 Å². The van der Waals surface area contributed by atoms with Gasteiger partial charge in [0.25, 0.3) is 0 Å². The maximum atomic E-state index is 11.6.